The van der Waals surface area contributed by atoms with Crippen LogP contribution in [-0.4, -0.2) is 77.2 Å². The van der Waals surface area contributed by atoms with Gasteiger partial charge in [-0.25, -0.2) is 60.6 Å². The number of fused-ring (bicyclic) bond motifs is 35. The van der Waals surface area contributed by atoms with E-state index in [1.807, 2.05) is 161 Å². The predicted octanol–water partition coefficient (Wildman–Crippen LogP) is 12.8. The lowest BCUT2D eigenvalue weighted by Crippen LogP contribution is -2.32. The van der Waals surface area contributed by atoms with Crippen LogP contribution < -0.4 is 22.8 Å². The highest BCUT2D eigenvalue weighted by molar-refractivity contribution is 7.24. The van der Waals surface area contributed by atoms with Gasteiger partial charge in [0.15, 0.2) is 41.5 Å². The highest BCUT2D eigenvalue weighted by atomic mass is 32.1. The van der Waals surface area contributed by atoms with Crippen molar-refractivity contribution in [1.29, 1.82) is 0 Å². The number of nitrogens with zero attached hydrogens (tertiary/aromatic N) is 21. The van der Waals surface area contributed by atoms with Gasteiger partial charge in [0.25, 0.3) is 17.3 Å². The highest BCUT2D eigenvalue weighted by Crippen LogP contribution is 2.44. The molecule has 0 atom stereocenters. The Hall–Kier alpha value is -13.0. The molecular weight excluding hydrogens is 1380 g/mol. The molecule has 25 heterocycles. The van der Waals surface area contributed by atoms with Crippen molar-refractivity contribution in [2.24, 2.45) is 35.0 Å². The molecule has 0 bridgehead atoms. The lowest BCUT2D eigenvalue weighted by atomic mass is 10.2. The van der Waals surface area contributed by atoms with Crippen LogP contribution in [0.2, 0.25) is 0 Å². The molecule has 0 fully saturated rings. The third-order valence-electron chi connectivity index (χ3n) is 20.6. The molecule has 1 aromatic carbocycles. The van der Waals surface area contributed by atoms with Crippen LogP contribution in [0.4, 0.5) is 0 Å². The zero-order valence-electron chi connectivity index (χ0n) is 67.8. The molecule has 508 valence electrons. The van der Waals surface area contributed by atoms with Crippen LogP contribution in [0.1, 0.15) is 44.3 Å². The van der Waals surface area contributed by atoms with Crippen LogP contribution in [-0.2, 0) is 67.7 Å². The van der Waals surface area contributed by atoms with Gasteiger partial charge in [-0.05, 0) is 103 Å². The van der Waals surface area contributed by atoms with E-state index in [1.54, 1.807) is 73.2 Å². The number of thiazole rings is 2. The number of pyridine rings is 10. The molecule has 0 saturated heterocycles. The Balaban J connectivity index is 0.0000000894. The van der Waals surface area contributed by atoms with Crippen LogP contribution in [0.25, 0.3) is 169 Å². The smallest absolute Gasteiger partial charge is 0.340 e. The number of hydrogen-bond acceptors (Lipinski definition) is 14. The first-order valence-electron chi connectivity index (χ1n) is 39.9. The number of hydrogen-bond donors (Lipinski definition) is 0. The largest absolute Gasteiger partial charge is 0.400 e. The summed E-state index contributed by atoms with van der Waals surface area (Å²) in [4.78, 5) is 44.7. The van der Waals surface area contributed by atoms with Crippen LogP contribution in [0, 0.1) is 0 Å². The molecule has 5 aliphatic rings. The van der Waals surface area contributed by atoms with Crippen molar-refractivity contribution in [2.75, 3.05) is 0 Å². The summed E-state index contributed by atoms with van der Waals surface area (Å²) in [5.41, 5.74) is 21.9. The normalized spacial score (nSPS) is 15.1. The molecule has 106 heavy (non-hydrogen) atoms. The SMILES string of the molecule is Cn1c2cccnc2c2sc3[n+](c21)Cc1cnccc1-3.[2H]C([2H])([2H])[n+]1c2n(c3c4cccnc4n(-c4ccccc4)c31)Cc1cnccc1-2.[2H]C([2H])([2H])[n+]1c2n(c3c4cccnc4oc31)Cc1cnccc1-2.[2H]C([2H])([2H])[n+]1c2n(c3c4cccnc4sc31)Cc1cnccc1-2.[2H]C([2H])([2H])n1c2cccnc2c2sc3[n+](c21)Cc1cnccc1-3. The first-order valence-corrected chi connectivity index (χ1v) is 36.4. The van der Waals surface area contributed by atoms with E-state index in [-0.39, 0.29) is 0 Å². The molecule has 0 aliphatic carbocycles. The van der Waals surface area contributed by atoms with Gasteiger partial charge < -0.3 is 4.42 Å². The molecule has 5 aliphatic heterocycles. The number of furan rings is 1. The van der Waals surface area contributed by atoms with E-state index in [0.717, 1.165) is 137 Å². The van der Waals surface area contributed by atoms with Crippen LogP contribution in [0.3, 0.4) is 0 Å². The minimum atomic E-state index is -2.36. The molecule has 20 aromatic heterocycles. The molecule has 0 N–H and O–H groups in total. The first kappa shape index (κ1) is 49.6. The molecule has 0 amide bonds. The zero-order chi connectivity index (χ0) is 80.3. The Morgan fingerprint density at radius 1 is 0.425 bits per heavy atom. The lowest BCUT2D eigenvalue weighted by molar-refractivity contribution is -0.644. The summed E-state index contributed by atoms with van der Waals surface area (Å²) < 4.78 is 125. The van der Waals surface area contributed by atoms with Gasteiger partial charge in [-0.15, -0.1) is 0 Å². The van der Waals surface area contributed by atoms with Crippen molar-refractivity contribution in [3.05, 3.63) is 242 Å². The molecule has 22 nitrogen and oxygen atoms in total. The van der Waals surface area contributed by atoms with E-state index in [1.165, 1.54) is 61.6 Å². The fraction of sp³-hybridized carbons (Fsp3) is 0.123. The molecule has 26 rings (SSSR count). The maximum absolute atomic E-state index is 8.35. The van der Waals surface area contributed by atoms with E-state index in [0.29, 0.717) is 60.4 Å². The van der Waals surface area contributed by atoms with Crippen molar-refractivity contribution in [2.45, 2.75) is 32.7 Å². The van der Waals surface area contributed by atoms with E-state index in [9.17, 15) is 0 Å². The van der Waals surface area contributed by atoms with Crippen LogP contribution in [0.5, 0.6) is 0 Å². The van der Waals surface area contributed by atoms with E-state index in [4.69, 9.17) is 20.9 Å². The summed E-state index contributed by atoms with van der Waals surface area (Å²) in [6.45, 7) is -5.86. The fourth-order valence-corrected chi connectivity index (χ4v) is 19.9. The fourth-order valence-electron chi connectivity index (χ4n) is 16.2. The van der Waals surface area contributed by atoms with Gasteiger partial charge in [0, 0.05) is 132 Å². The van der Waals surface area contributed by atoms with Gasteiger partial charge in [-0.1, -0.05) is 52.2 Å². The van der Waals surface area contributed by atoms with Crippen molar-refractivity contribution in [1.82, 2.24) is 77.2 Å². The maximum Gasteiger partial charge on any atom is 0.340 e. The van der Waals surface area contributed by atoms with E-state index >= 15 is 0 Å². The zero-order valence-corrected chi connectivity index (χ0v) is 58.2. The molecular formula is C81H60N21OS3+5. The highest BCUT2D eigenvalue weighted by Gasteiger charge is 2.41. The van der Waals surface area contributed by atoms with Gasteiger partial charge in [-0.3, -0.25) is 34.9 Å². The van der Waals surface area contributed by atoms with Crippen molar-refractivity contribution >= 4 is 142 Å². The summed E-state index contributed by atoms with van der Waals surface area (Å²) in [5, 5.41) is 5.12. The molecule has 0 radical (unpaired) electrons. The molecule has 21 aromatic rings. The van der Waals surface area contributed by atoms with E-state index < -0.39 is 27.9 Å². The van der Waals surface area contributed by atoms with Crippen molar-refractivity contribution < 1.29 is 43.7 Å². The number of rotatable bonds is 1. The van der Waals surface area contributed by atoms with Gasteiger partial charge >= 0.3 is 17.0 Å². The predicted molar refractivity (Wildman–Crippen MR) is 409 cm³/mol. The Morgan fingerprint density at radius 2 is 0.925 bits per heavy atom. The van der Waals surface area contributed by atoms with Gasteiger partial charge in [0.05, 0.1) is 90.8 Å². The molecule has 0 saturated carbocycles. The second-order valence-electron chi connectivity index (χ2n) is 26.3. The third-order valence-corrected chi connectivity index (χ3v) is 24.2. The Bertz CT molecular complexity index is 7630. The molecule has 0 spiro atoms. The first-order chi connectivity index (χ1) is 57.1. The van der Waals surface area contributed by atoms with Crippen molar-refractivity contribution in [3.8, 4) is 61.0 Å². The van der Waals surface area contributed by atoms with E-state index in [2.05, 4.69) is 91.9 Å². The summed E-state index contributed by atoms with van der Waals surface area (Å²) >= 11 is 4.86. The van der Waals surface area contributed by atoms with Gasteiger partial charge in [0.1, 0.15) is 47.7 Å². The maximum atomic E-state index is 8.35. The Labute approximate surface area is 630 Å². The number of aryl methyl sites for hydroxylation is 5. The average Bonchev–Trinajstić information content (AvgIpc) is 1.58. The second kappa shape index (κ2) is 23.0. The van der Waals surface area contributed by atoms with Gasteiger partial charge in [-0.2, -0.15) is 4.57 Å². The number of aromatic nitrogens is 21. The number of benzene rings is 1. The Morgan fingerprint density at radius 3 is 1.54 bits per heavy atom. The summed E-state index contributed by atoms with van der Waals surface area (Å²) in [5.74, 6) is 2.04. The topological polar surface area (TPSA) is 191 Å². The lowest BCUT2D eigenvalue weighted by Gasteiger charge is -2.03. The van der Waals surface area contributed by atoms with Crippen LogP contribution >= 0.6 is 34.0 Å². The molecule has 25 heteroatoms. The minimum absolute atomic E-state index is 0.330. The van der Waals surface area contributed by atoms with Gasteiger partial charge in [0.2, 0.25) is 27.5 Å². The quantitative estimate of drug-likeness (QED) is 0.142. The standard InChI is InChI=1S/C21H16N5.C15H11N4O.3C15H11N4S/c1-24-20-16-9-11-22-12-14(16)13-25(20)18-17-8-5-10-23-19(17)26(21(18)24)15-6-3-2-4-7-15;1-18-14-10-4-6-16-7-9(10)8-19(14)12-11-3-2-5-17-13(11)20-15(12)18;2*1-18-11-3-2-5-17-12(11)13-14(18)19-8-9-7-16-6-4-10(9)15(19)20-13;1-18-14-10-4-6-16-7-9(10)8-19(14)12-11-3-2-5-17-13(11)20-15(12)18/h2-12H,13H2,1H3;4*2-7H,8H2,1H3/q5*+1/i3*1D3;;1D3. The molecule has 0 unspecified atom stereocenters. The average molecular weight is 1450 g/mol. The third kappa shape index (κ3) is 8.59. The summed E-state index contributed by atoms with van der Waals surface area (Å²) in [6, 6.07) is 38.7. The van der Waals surface area contributed by atoms with Crippen LogP contribution in [0.15, 0.2) is 219 Å². The number of para-hydroxylation sites is 1. The summed E-state index contributed by atoms with van der Waals surface area (Å²) in [6.07, 6.45) is 26.6. The number of imidazole rings is 3. The Kier molecular flexibility index (Phi) is 10.8. The number of thiophene rings is 1. The van der Waals surface area contributed by atoms with Crippen molar-refractivity contribution in [3.63, 3.8) is 0 Å². The monoisotopic (exact) mass is 1450 g/mol. The summed E-state index contributed by atoms with van der Waals surface area (Å²) in [7, 11) is 2.12. The minimum Gasteiger partial charge on any atom is -0.400 e. The second-order valence-corrected chi connectivity index (χ2v) is 29.2.